The standard InChI is InChI=1S/C11H12BrNO3/c1-15-10(14)11(13)6-16-5-7-4-8(12)2-3-9(7)11/h2-4H,5-6,13H2,1H3. The molecular weight excluding hydrogens is 274 g/mol. The third kappa shape index (κ3) is 1.75. The van der Waals surface area contributed by atoms with Crippen LogP contribution in [0.1, 0.15) is 11.1 Å². The van der Waals surface area contributed by atoms with Gasteiger partial charge in [0, 0.05) is 4.47 Å². The second kappa shape index (κ2) is 4.16. The molecule has 1 heterocycles. The van der Waals surface area contributed by atoms with Gasteiger partial charge in [-0.1, -0.05) is 22.0 Å². The van der Waals surface area contributed by atoms with Crippen molar-refractivity contribution < 1.29 is 14.3 Å². The molecule has 0 saturated heterocycles. The number of hydrogen-bond donors (Lipinski definition) is 1. The lowest BCUT2D eigenvalue weighted by atomic mass is 9.86. The van der Waals surface area contributed by atoms with Crippen molar-refractivity contribution >= 4 is 21.9 Å². The van der Waals surface area contributed by atoms with Crippen LogP contribution in [0.4, 0.5) is 0 Å². The predicted octanol–water partition coefficient (Wildman–Crippen LogP) is 1.31. The van der Waals surface area contributed by atoms with Gasteiger partial charge in [0.1, 0.15) is 0 Å². The lowest BCUT2D eigenvalue weighted by Crippen LogP contribution is -2.52. The highest BCUT2D eigenvalue weighted by atomic mass is 79.9. The molecule has 1 aliphatic rings. The lowest BCUT2D eigenvalue weighted by molar-refractivity contribution is -0.151. The van der Waals surface area contributed by atoms with Gasteiger partial charge in [-0.25, -0.2) is 4.79 Å². The molecular formula is C11H12BrNO3. The molecule has 1 aliphatic heterocycles. The van der Waals surface area contributed by atoms with Crippen molar-refractivity contribution in [2.24, 2.45) is 5.73 Å². The van der Waals surface area contributed by atoms with E-state index in [9.17, 15) is 4.79 Å². The van der Waals surface area contributed by atoms with E-state index < -0.39 is 11.5 Å². The molecule has 4 nitrogen and oxygen atoms in total. The zero-order valence-electron chi connectivity index (χ0n) is 8.83. The first-order valence-corrected chi connectivity index (χ1v) is 5.61. The number of ether oxygens (including phenoxy) is 2. The Morgan fingerprint density at radius 1 is 1.62 bits per heavy atom. The Balaban J connectivity index is 2.51. The first-order valence-electron chi connectivity index (χ1n) is 4.82. The van der Waals surface area contributed by atoms with E-state index in [1.807, 2.05) is 18.2 Å². The van der Waals surface area contributed by atoms with Crippen LogP contribution >= 0.6 is 15.9 Å². The van der Waals surface area contributed by atoms with Gasteiger partial charge in [-0.2, -0.15) is 0 Å². The second-order valence-corrected chi connectivity index (χ2v) is 4.67. The zero-order chi connectivity index (χ0) is 11.8. The predicted molar refractivity (Wildman–Crippen MR) is 61.7 cm³/mol. The highest BCUT2D eigenvalue weighted by molar-refractivity contribution is 9.10. The number of fused-ring (bicyclic) bond motifs is 1. The monoisotopic (exact) mass is 285 g/mol. The maximum Gasteiger partial charge on any atom is 0.332 e. The summed E-state index contributed by atoms with van der Waals surface area (Å²) < 4.78 is 11.0. The fourth-order valence-corrected chi connectivity index (χ4v) is 2.28. The average Bonchev–Trinajstić information content (AvgIpc) is 2.27. The zero-order valence-corrected chi connectivity index (χ0v) is 10.4. The number of rotatable bonds is 1. The van der Waals surface area contributed by atoms with E-state index >= 15 is 0 Å². The van der Waals surface area contributed by atoms with Crippen molar-refractivity contribution in [2.45, 2.75) is 12.1 Å². The molecule has 86 valence electrons. The number of carbonyl (C=O) groups excluding carboxylic acids is 1. The van der Waals surface area contributed by atoms with Crippen LogP contribution in [0.25, 0.3) is 0 Å². The van der Waals surface area contributed by atoms with Crippen molar-refractivity contribution in [1.29, 1.82) is 0 Å². The number of benzene rings is 1. The van der Waals surface area contributed by atoms with Crippen molar-refractivity contribution in [1.82, 2.24) is 0 Å². The summed E-state index contributed by atoms with van der Waals surface area (Å²) in [6.07, 6.45) is 0. The fourth-order valence-electron chi connectivity index (χ4n) is 1.87. The highest BCUT2D eigenvalue weighted by Crippen LogP contribution is 2.31. The maximum absolute atomic E-state index is 11.7. The molecule has 0 spiro atoms. The third-order valence-corrected chi connectivity index (χ3v) is 3.18. The normalized spacial score (nSPS) is 23.7. The average molecular weight is 286 g/mol. The van der Waals surface area contributed by atoms with Crippen molar-refractivity contribution in [3.63, 3.8) is 0 Å². The number of hydrogen-bond acceptors (Lipinski definition) is 4. The van der Waals surface area contributed by atoms with Crippen LogP contribution in [0.3, 0.4) is 0 Å². The van der Waals surface area contributed by atoms with Crippen molar-refractivity contribution in [3.8, 4) is 0 Å². The lowest BCUT2D eigenvalue weighted by Gasteiger charge is -2.32. The van der Waals surface area contributed by atoms with Crippen LogP contribution in [0.2, 0.25) is 0 Å². The molecule has 0 aromatic heterocycles. The molecule has 1 aromatic carbocycles. The quantitative estimate of drug-likeness (QED) is 0.791. The molecule has 1 unspecified atom stereocenters. The summed E-state index contributed by atoms with van der Waals surface area (Å²) in [6, 6.07) is 5.59. The Hall–Kier alpha value is -0.910. The summed E-state index contributed by atoms with van der Waals surface area (Å²) in [5, 5.41) is 0. The first kappa shape index (κ1) is 11.6. The SMILES string of the molecule is COC(=O)C1(N)COCc2cc(Br)ccc21. The number of methoxy groups -OCH3 is 1. The molecule has 1 atom stereocenters. The summed E-state index contributed by atoms with van der Waals surface area (Å²) in [7, 11) is 1.32. The van der Waals surface area contributed by atoms with Gasteiger partial charge in [0.2, 0.25) is 0 Å². The highest BCUT2D eigenvalue weighted by Gasteiger charge is 2.41. The van der Waals surface area contributed by atoms with Crippen molar-refractivity contribution in [2.75, 3.05) is 13.7 Å². The molecule has 5 heteroatoms. The van der Waals surface area contributed by atoms with E-state index in [0.717, 1.165) is 15.6 Å². The summed E-state index contributed by atoms with van der Waals surface area (Å²) in [4.78, 5) is 11.7. The van der Waals surface area contributed by atoms with Gasteiger partial charge >= 0.3 is 5.97 Å². The van der Waals surface area contributed by atoms with Gasteiger partial charge in [-0.15, -0.1) is 0 Å². The van der Waals surface area contributed by atoms with Crippen LogP contribution in [0, 0.1) is 0 Å². The summed E-state index contributed by atoms with van der Waals surface area (Å²) in [6.45, 7) is 0.610. The Morgan fingerprint density at radius 2 is 2.38 bits per heavy atom. The smallest absolute Gasteiger partial charge is 0.332 e. The van der Waals surface area contributed by atoms with Crippen molar-refractivity contribution in [3.05, 3.63) is 33.8 Å². The molecule has 0 amide bonds. The second-order valence-electron chi connectivity index (χ2n) is 3.76. The van der Waals surface area contributed by atoms with E-state index in [4.69, 9.17) is 15.2 Å². The molecule has 2 N–H and O–H groups in total. The largest absolute Gasteiger partial charge is 0.467 e. The van der Waals surface area contributed by atoms with Gasteiger partial charge in [0.05, 0.1) is 20.3 Å². The third-order valence-electron chi connectivity index (χ3n) is 2.68. The van der Waals surface area contributed by atoms with Gasteiger partial charge in [0.15, 0.2) is 5.54 Å². The minimum Gasteiger partial charge on any atom is -0.467 e. The Labute approximate surface area is 102 Å². The maximum atomic E-state index is 11.7. The summed E-state index contributed by atoms with van der Waals surface area (Å²) in [5.41, 5.74) is 6.55. The van der Waals surface area contributed by atoms with Crippen LogP contribution in [0.15, 0.2) is 22.7 Å². The minimum atomic E-state index is -1.19. The number of nitrogens with two attached hydrogens (primary N) is 1. The van der Waals surface area contributed by atoms with E-state index in [0.29, 0.717) is 6.61 Å². The minimum absolute atomic E-state index is 0.147. The topological polar surface area (TPSA) is 61.5 Å². The molecule has 2 rings (SSSR count). The fraction of sp³-hybridized carbons (Fsp3) is 0.364. The molecule has 0 radical (unpaired) electrons. The molecule has 16 heavy (non-hydrogen) atoms. The van der Waals surface area contributed by atoms with E-state index in [1.54, 1.807) is 0 Å². The van der Waals surface area contributed by atoms with Crippen LogP contribution in [0.5, 0.6) is 0 Å². The molecule has 0 bridgehead atoms. The summed E-state index contributed by atoms with van der Waals surface area (Å²) >= 11 is 3.37. The van der Waals surface area contributed by atoms with Gasteiger partial charge in [0.25, 0.3) is 0 Å². The Morgan fingerprint density at radius 3 is 3.06 bits per heavy atom. The van der Waals surface area contributed by atoms with Gasteiger partial charge in [-0.3, -0.25) is 0 Å². The molecule has 0 aliphatic carbocycles. The molecule has 0 saturated carbocycles. The first-order chi connectivity index (χ1) is 7.58. The molecule has 1 aromatic rings. The van der Waals surface area contributed by atoms with E-state index in [2.05, 4.69) is 15.9 Å². The van der Waals surface area contributed by atoms with Crippen LogP contribution in [-0.2, 0) is 26.4 Å². The van der Waals surface area contributed by atoms with E-state index in [1.165, 1.54) is 7.11 Å². The molecule has 0 fully saturated rings. The Kier molecular flexibility index (Phi) is 3.01. The van der Waals surface area contributed by atoms with Gasteiger partial charge in [-0.05, 0) is 23.3 Å². The van der Waals surface area contributed by atoms with Crippen LogP contribution < -0.4 is 5.73 Å². The van der Waals surface area contributed by atoms with Gasteiger partial charge < -0.3 is 15.2 Å². The van der Waals surface area contributed by atoms with E-state index in [-0.39, 0.29) is 6.61 Å². The summed E-state index contributed by atoms with van der Waals surface area (Å²) in [5.74, 6) is -0.476. The number of halogens is 1. The Bertz CT molecular complexity index is 435. The number of esters is 1. The van der Waals surface area contributed by atoms with Crippen LogP contribution in [-0.4, -0.2) is 19.7 Å². The number of carbonyl (C=O) groups is 1.